The summed E-state index contributed by atoms with van der Waals surface area (Å²) in [6.07, 6.45) is 6.01. The number of nitrogens with one attached hydrogen (secondary N) is 1. The molecule has 0 aromatic heterocycles. The van der Waals surface area contributed by atoms with Gasteiger partial charge in [0.2, 0.25) is 0 Å². The van der Waals surface area contributed by atoms with Gasteiger partial charge in [0.1, 0.15) is 5.82 Å². The largest absolute Gasteiger partial charge is 0.271 e. The first-order chi connectivity index (χ1) is 9.13. The molecule has 19 heavy (non-hydrogen) atoms. The Labute approximate surface area is 115 Å². The van der Waals surface area contributed by atoms with Crippen LogP contribution >= 0.6 is 0 Å². The van der Waals surface area contributed by atoms with Crippen LogP contribution in [0, 0.1) is 24.6 Å². The molecule has 2 rings (SSSR count). The summed E-state index contributed by atoms with van der Waals surface area (Å²) in [4.78, 5) is 0. The second kappa shape index (κ2) is 6.49. The maximum Gasteiger partial charge on any atom is 0.123 e. The van der Waals surface area contributed by atoms with E-state index in [1.807, 2.05) is 13.0 Å². The van der Waals surface area contributed by atoms with Crippen LogP contribution in [0.4, 0.5) is 4.39 Å². The van der Waals surface area contributed by atoms with Crippen LogP contribution in [0.5, 0.6) is 0 Å². The van der Waals surface area contributed by atoms with Gasteiger partial charge in [0.15, 0.2) is 0 Å². The van der Waals surface area contributed by atoms with E-state index >= 15 is 0 Å². The minimum absolute atomic E-state index is 0.162. The third kappa shape index (κ3) is 3.54. The zero-order valence-electron chi connectivity index (χ0n) is 12.0. The van der Waals surface area contributed by atoms with Crippen LogP contribution < -0.4 is 11.3 Å². The van der Waals surface area contributed by atoms with Gasteiger partial charge in [-0.2, -0.15) is 0 Å². The Morgan fingerprint density at radius 1 is 1.42 bits per heavy atom. The molecular weight excluding hydrogens is 239 g/mol. The lowest BCUT2D eigenvalue weighted by Gasteiger charge is -2.24. The van der Waals surface area contributed by atoms with Crippen molar-refractivity contribution in [3.63, 3.8) is 0 Å². The van der Waals surface area contributed by atoms with Crippen molar-refractivity contribution < 1.29 is 4.39 Å². The maximum absolute atomic E-state index is 13.1. The molecule has 0 amide bonds. The molecular formula is C16H25FN2. The maximum atomic E-state index is 13.1. The van der Waals surface area contributed by atoms with E-state index in [9.17, 15) is 4.39 Å². The molecule has 2 nitrogen and oxygen atoms in total. The molecule has 0 spiro atoms. The molecule has 1 aliphatic carbocycles. The van der Waals surface area contributed by atoms with Crippen LogP contribution in [0.1, 0.15) is 43.7 Å². The molecule has 0 heterocycles. The van der Waals surface area contributed by atoms with Gasteiger partial charge in [-0.05, 0) is 61.3 Å². The number of halogens is 1. The molecule has 1 fully saturated rings. The summed E-state index contributed by atoms with van der Waals surface area (Å²) in [5, 5.41) is 0. The molecule has 3 heteroatoms. The van der Waals surface area contributed by atoms with Crippen molar-refractivity contribution >= 4 is 0 Å². The van der Waals surface area contributed by atoms with Crippen molar-refractivity contribution in [1.29, 1.82) is 0 Å². The molecule has 0 bridgehead atoms. The first-order valence-corrected chi connectivity index (χ1v) is 7.35. The third-order valence-corrected chi connectivity index (χ3v) is 4.69. The highest BCUT2D eigenvalue weighted by atomic mass is 19.1. The normalized spacial score (nSPS) is 24.6. The lowest BCUT2D eigenvalue weighted by molar-refractivity contribution is 0.347. The predicted octanol–water partition coefficient (Wildman–Crippen LogP) is 3.33. The summed E-state index contributed by atoms with van der Waals surface area (Å²) in [6, 6.07) is 5.34. The predicted molar refractivity (Wildman–Crippen MR) is 77.1 cm³/mol. The topological polar surface area (TPSA) is 38.0 Å². The van der Waals surface area contributed by atoms with Crippen LogP contribution in [0.2, 0.25) is 0 Å². The van der Waals surface area contributed by atoms with Crippen LogP contribution in [-0.4, -0.2) is 6.04 Å². The summed E-state index contributed by atoms with van der Waals surface area (Å²) >= 11 is 0. The second-order valence-corrected chi connectivity index (χ2v) is 5.90. The number of nitrogens with two attached hydrogens (primary N) is 1. The van der Waals surface area contributed by atoms with Crippen LogP contribution in [0.15, 0.2) is 18.2 Å². The van der Waals surface area contributed by atoms with Gasteiger partial charge in [-0.1, -0.05) is 25.8 Å². The number of aryl methyl sites for hydroxylation is 1. The molecule has 1 saturated carbocycles. The average Bonchev–Trinajstić information content (AvgIpc) is 2.86. The average molecular weight is 264 g/mol. The van der Waals surface area contributed by atoms with Gasteiger partial charge in [-0.25, -0.2) is 4.39 Å². The molecule has 1 aromatic carbocycles. The van der Waals surface area contributed by atoms with E-state index in [0.29, 0.717) is 12.0 Å². The Kier molecular flexibility index (Phi) is 4.94. The van der Waals surface area contributed by atoms with E-state index < -0.39 is 0 Å². The molecule has 3 unspecified atom stereocenters. The minimum Gasteiger partial charge on any atom is -0.271 e. The number of rotatable bonds is 5. The van der Waals surface area contributed by atoms with Crippen molar-refractivity contribution in [2.75, 3.05) is 0 Å². The van der Waals surface area contributed by atoms with Gasteiger partial charge < -0.3 is 0 Å². The highest BCUT2D eigenvalue weighted by molar-refractivity contribution is 5.27. The summed E-state index contributed by atoms with van der Waals surface area (Å²) < 4.78 is 13.1. The van der Waals surface area contributed by atoms with Gasteiger partial charge in [0.25, 0.3) is 0 Å². The monoisotopic (exact) mass is 264 g/mol. The van der Waals surface area contributed by atoms with Crippen molar-refractivity contribution in [2.45, 2.75) is 52.0 Å². The van der Waals surface area contributed by atoms with Gasteiger partial charge in [-0.15, -0.1) is 0 Å². The van der Waals surface area contributed by atoms with E-state index in [4.69, 9.17) is 5.84 Å². The van der Waals surface area contributed by atoms with Gasteiger partial charge in [0, 0.05) is 6.04 Å². The Morgan fingerprint density at radius 3 is 2.79 bits per heavy atom. The van der Waals surface area contributed by atoms with Crippen molar-refractivity contribution in [1.82, 2.24) is 5.43 Å². The lowest BCUT2D eigenvalue weighted by Crippen LogP contribution is -2.41. The molecule has 1 aliphatic rings. The Hall–Kier alpha value is -0.930. The number of hydrazine groups is 1. The Morgan fingerprint density at radius 2 is 2.21 bits per heavy atom. The molecule has 3 atom stereocenters. The fraction of sp³-hybridized carbons (Fsp3) is 0.625. The molecule has 0 saturated heterocycles. The van der Waals surface area contributed by atoms with Crippen molar-refractivity contribution in [3.05, 3.63) is 35.1 Å². The van der Waals surface area contributed by atoms with Gasteiger partial charge >= 0.3 is 0 Å². The first kappa shape index (κ1) is 14.5. The zero-order valence-corrected chi connectivity index (χ0v) is 12.0. The molecule has 0 aliphatic heterocycles. The van der Waals surface area contributed by atoms with Crippen LogP contribution in [-0.2, 0) is 6.42 Å². The standard InChI is InChI=1S/C16H25FN2/c1-3-12-4-5-14(9-12)16(19-18)10-13-6-7-15(17)8-11(13)2/h6-8,12,14,16,19H,3-5,9-10,18H2,1-2H3. The second-order valence-electron chi connectivity index (χ2n) is 5.90. The Balaban J connectivity index is 2.03. The fourth-order valence-electron chi connectivity index (χ4n) is 3.34. The van der Waals surface area contributed by atoms with E-state index in [0.717, 1.165) is 17.9 Å². The lowest BCUT2D eigenvalue weighted by atomic mass is 9.90. The smallest absolute Gasteiger partial charge is 0.123 e. The van der Waals surface area contributed by atoms with E-state index in [-0.39, 0.29) is 5.82 Å². The summed E-state index contributed by atoms with van der Waals surface area (Å²) in [6.45, 7) is 4.23. The highest BCUT2D eigenvalue weighted by Crippen LogP contribution is 2.35. The number of hydrogen-bond acceptors (Lipinski definition) is 2. The number of hydrogen-bond donors (Lipinski definition) is 2. The quantitative estimate of drug-likeness (QED) is 0.632. The molecule has 3 N–H and O–H groups in total. The van der Waals surface area contributed by atoms with E-state index in [1.165, 1.54) is 31.2 Å². The molecule has 1 aromatic rings. The minimum atomic E-state index is -0.162. The fourth-order valence-corrected chi connectivity index (χ4v) is 3.34. The van der Waals surface area contributed by atoms with Crippen molar-refractivity contribution in [2.24, 2.45) is 17.7 Å². The zero-order chi connectivity index (χ0) is 13.8. The van der Waals surface area contributed by atoms with Crippen molar-refractivity contribution in [3.8, 4) is 0 Å². The third-order valence-electron chi connectivity index (χ3n) is 4.69. The highest BCUT2D eigenvalue weighted by Gasteiger charge is 2.29. The van der Waals surface area contributed by atoms with E-state index in [2.05, 4.69) is 12.3 Å². The summed E-state index contributed by atoms with van der Waals surface area (Å²) in [5.74, 6) is 7.09. The number of benzene rings is 1. The van der Waals surface area contributed by atoms with E-state index in [1.54, 1.807) is 12.1 Å². The van der Waals surface area contributed by atoms with Crippen LogP contribution in [0.3, 0.4) is 0 Å². The summed E-state index contributed by atoms with van der Waals surface area (Å²) in [5.41, 5.74) is 5.20. The summed E-state index contributed by atoms with van der Waals surface area (Å²) in [7, 11) is 0. The first-order valence-electron chi connectivity index (χ1n) is 7.35. The molecule has 0 radical (unpaired) electrons. The van der Waals surface area contributed by atoms with Gasteiger partial charge in [-0.3, -0.25) is 11.3 Å². The Bertz CT molecular complexity index is 419. The molecule has 106 valence electrons. The van der Waals surface area contributed by atoms with Gasteiger partial charge in [0.05, 0.1) is 0 Å². The van der Waals surface area contributed by atoms with Crippen LogP contribution in [0.25, 0.3) is 0 Å². The SMILES string of the molecule is CCC1CCC(C(Cc2ccc(F)cc2C)NN)C1.